The summed E-state index contributed by atoms with van der Waals surface area (Å²) >= 11 is 0. The predicted octanol–water partition coefficient (Wildman–Crippen LogP) is 3.04. The molecule has 1 heteroatoms. The van der Waals surface area contributed by atoms with Crippen LogP contribution in [0.3, 0.4) is 0 Å². The topological polar surface area (TPSA) is 23.8 Å². The summed E-state index contributed by atoms with van der Waals surface area (Å²) in [5, 5.41) is 8.33. The van der Waals surface area contributed by atoms with Gasteiger partial charge >= 0.3 is 0 Å². The molecule has 0 aromatic heterocycles. The van der Waals surface area contributed by atoms with Crippen molar-refractivity contribution >= 4 is 0 Å². The fourth-order valence-corrected chi connectivity index (χ4v) is 1.68. The zero-order valence-electron chi connectivity index (χ0n) is 6.92. The molecule has 0 atom stereocenters. The van der Waals surface area contributed by atoms with Gasteiger partial charge in [-0.3, -0.25) is 0 Å². The molecular weight excluding hydrogens is 134 g/mol. The first-order valence-corrected chi connectivity index (χ1v) is 4.50. The van der Waals surface area contributed by atoms with Gasteiger partial charge in [0, 0.05) is 6.08 Å². The van der Waals surface area contributed by atoms with Crippen LogP contribution in [0.15, 0.2) is 12.2 Å². The van der Waals surface area contributed by atoms with E-state index in [1.807, 2.05) is 0 Å². The highest BCUT2D eigenvalue weighted by Crippen LogP contribution is 2.23. The Bertz CT molecular complexity index is 156. The first-order chi connectivity index (χ1) is 5.43. The van der Waals surface area contributed by atoms with E-state index in [1.54, 1.807) is 6.08 Å². The molecule has 0 aromatic rings. The van der Waals surface area contributed by atoms with E-state index < -0.39 is 0 Å². The second-order valence-electron chi connectivity index (χ2n) is 3.24. The number of allylic oxidation sites excluding steroid dienone is 2. The second-order valence-corrected chi connectivity index (χ2v) is 3.24. The maximum absolute atomic E-state index is 8.33. The van der Waals surface area contributed by atoms with Crippen LogP contribution in [0.1, 0.15) is 38.5 Å². The summed E-state index contributed by atoms with van der Waals surface area (Å²) in [5.74, 6) is 0.692. The van der Waals surface area contributed by atoms with E-state index in [0.29, 0.717) is 5.92 Å². The third-order valence-corrected chi connectivity index (χ3v) is 2.34. The van der Waals surface area contributed by atoms with Crippen molar-refractivity contribution in [3.8, 4) is 6.07 Å². The average Bonchev–Trinajstić information content (AvgIpc) is 2.28. The SMILES string of the molecule is N#CC=CC1CCCCCC1. The Kier molecular flexibility index (Phi) is 3.75. The van der Waals surface area contributed by atoms with E-state index in [-0.39, 0.29) is 0 Å². The zero-order chi connectivity index (χ0) is 7.94. The lowest BCUT2D eigenvalue weighted by Gasteiger charge is -2.05. The van der Waals surface area contributed by atoms with E-state index in [1.165, 1.54) is 38.5 Å². The summed E-state index contributed by atoms with van der Waals surface area (Å²) in [6.45, 7) is 0. The molecule has 1 fully saturated rings. The van der Waals surface area contributed by atoms with Crippen LogP contribution in [0.25, 0.3) is 0 Å². The van der Waals surface area contributed by atoms with Gasteiger partial charge in [0.25, 0.3) is 0 Å². The van der Waals surface area contributed by atoms with Crippen LogP contribution in [-0.2, 0) is 0 Å². The molecule has 1 nitrogen and oxygen atoms in total. The molecule has 11 heavy (non-hydrogen) atoms. The standard InChI is InChI=1S/C10H15N/c11-9-5-8-10-6-3-1-2-4-7-10/h5,8,10H,1-4,6-7H2. The minimum atomic E-state index is 0.692. The normalized spacial score (nSPS) is 21.4. The Morgan fingerprint density at radius 2 is 1.73 bits per heavy atom. The fraction of sp³-hybridized carbons (Fsp3) is 0.700. The highest BCUT2D eigenvalue weighted by Gasteiger charge is 2.07. The van der Waals surface area contributed by atoms with Crippen LogP contribution in [0.4, 0.5) is 0 Å². The molecule has 1 saturated carbocycles. The summed E-state index contributed by atoms with van der Waals surface area (Å²) in [6, 6.07) is 2.05. The van der Waals surface area contributed by atoms with Crippen LogP contribution in [0, 0.1) is 17.2 Å². The van der Waals surface area contributed by atoms with Crippen molar-refractivity contribution in [3.05, 3.63) is 12.2 Å². The summed E-state index contributed by atoms with van der Waals surface area (Å²) in [4.78, 5) is 0. The van der Waals surface area contributed by atoms with Gasteiger partial charge in [-0.25, -0.2) is 0 Å². The molecule has 60 valence electrons. The zero-order valence-corrected chi connectivity index (χ0v) is 6.92. The minimum Gasteiger partial charge on any atom is -0.193 e. The van der Waals surface area contributed by atoms with Crippen molar-refractivity contribution in [2.45, 2.75) is 38.5 Å². The predicted molar refractivity (Wildman–Crippen MR) is 45.9 cm³/mol. The van der Waals surface area contributed by atoms with Crippen molar-refractivity contribution in [2.24, 2.45) is 5.92 Å². The van der Waals surface area contributed by atoms with Gasteiger partial charge in [-0.05, 0) is 18.8 Å². The molecule has 0 N–H and O–H groups in total. The van der Waals surface area contributed by atoms with Gasteiger partial charge in [0.05, 0.1) is 6.07 Å². The third kappa shape index (κ3) is 3.23. The quantitative estimate of drug-likeness (QED) is 0.415. The maximum Gasteiger partial charge on any atom is 0.0908 e. The molecule has 0 aliphatic heterocycles. The summed E-state index contributed by atoms with van der Waals surface area (Å²) in [6.07, 6.45) is 11.8. The van der Waals surface area contributed by atoms with Crippen molar-refractivity contribution in [1.82, 2.24) is 0 Å². The monoisotopic (exact) mass is 149 g/mol. The molecule has 0 saturated heterocycles. The Morgan fingerprint density at radius 3 is 2.27 bits per heavy atom. The lowest BCUT2D eigenvalue weighted by atomic mass is 10.0. The van der Waals surface area contributed by atoms with Gasteiger partial charge in [-0.1, -0.05) is 31.8 Å². The molecule has 1 aliphatic carbocycles. The van der Waals surface area contributed by atoms with E-state index >= 15 is 0 Å². The Balaban J connectivity index is 2.32. The maximum atomic E-state index is 8.33. The lowest BCUT2D eigenvalue weighted by molar-refractivity contribution is 0.559. The highest BCUT2D eigenvalue weighted by atomic mass is 14.2. The van der Waals surface area contributed by atoms with Gasteiger partial charge in [0.15, 0.2) is 0 Å². The Morgan fingerprint density at radius 1 is 1.09 bits per heavy atom. The van der Waals surface area contributed by atoms with Crippen molar-refractivity contribution in [1.29, 1.82) is 5.26 Å². The van der Waals surface area contributed by atoms with Crippen LogP contribution in [-0.4, -0.2) is 0 Å². The minimum absolute atomic E-state index is 0.692. The molecule has 0 spiro atoms. The molecule has 0 unspecified atom stereocenters. The molecule has 1 aliphatic rings. The molecule has 0 bridgehead atoms. The van der Waals surface area contributed by atoms with Crippen LogP contribution in [0.5, 0.6) is 0 Å². The Labute approximate surface area is 68.7 Å². The van der Waals surface area contributed by atoms with Gasteiger partial charge in [0.2, 0.25) is 0 Å². The van der Waals surface area contributed by atoms with E-state index in [4.69, 9.17) is 5.26 Å². The van der Waals surface area contributed by atoms with Gasteiger partial charge in [0.1, 0.15) is 0 Å². The number of nitriles is 1. The van der Waals surface area contributed by atoms with E-state index in [0.717, 1.165) is 0 Å². The van der Waals surface area contributed by atoms with Crippen LogP contribution < -0.4 is 0 Å². The number of rotatable bonds is 1. The molecule has 1 rings (SSSR count). The van der Waals surface area contributed by atoms with Crippen molar-refractivity contribution in [3.63, 3.8) is 0 Å². The van der Waals surface area contributed by atoms with Crippen LogP contribution in [0.2, 0.25) is 0 Å². The first kappa shape index (κ1) is 8.33. The van der Waals surface area contributed by atoms with Crippen LogP contribution >= 0.6 is 0 Å². The second kappa shape index (κ2) is 4.96. The largest absolute Gasteiger partial charge is 0.193 e. The van der Waals surface area contributed by atoms with E-state index in [9.17, 15) is 0 Å². The number of nitrogens with zero attached hydrogens (tertiary/aromatic N) is 1. The van der Waals surface area contributed by atoms with Crippen molar-refractivity contribution in [2.75, 3.05) is 0 Å². The molecular formula is C10H15N. The summed E-state index contributed by atoms with van der Waals surface area (Å²) in [7, 11) is 0. The molecule has 0 radical (unpaired) electrons. The third-order valence-electron chi connectivity index (χ3n) is 2.34. The molecule has 0 aromatic carbocycles. The number of hydrogen-bond acceptors (Lipinski definition) is 1. The van der Waals surface area contributed by atoms with Gasteiger partial charge in [-0.15, -0.1) is 0 Å². The first-order valence-electron chi connectivity index (χ1n) is 4.50. The lowest BCUT2D eigenvalue weighted by Crippen LogP contribution is -1.92. The fourth-order valence-electron chi connectivity index (χ4n) is 1.68. The Hall–Kier alpha value is -0.770. The number of hydrogen-bond donors (Lipinski definition) is 0. The average molecular weight is 149 g/mol. The summed E-state index contributed by atoms with van der Waals surface area (Å²) in [5.41, 5.74) is 0. The van der Waals surface area contributed by atoms with Gasteiger partial charge < -0.3 is 0 Å². The molecule has 0 amide bonds. The summed E-state index contributed by atoms with van der Waals surface area (Å²) < 4.78 is 0. The smallest absolute Gasteiger partial charge is 0.0908 e. The highest BCUT2D eigenvalue weighted by molar-refractivity contribution is 5.04. The van der Waals surface area contributed by atoms with Crippen molar-refractivity contribution < 1.29 is 0 Å². The van der Waals surface area contributed by atoms with Gasteiger partial charge in [-0.2, -0.15) is 5.26 Å². The molecule has 0 heterocycles. The van der Waals surface area contributed by atoms with E-state index in [2.05, 4.69) is 12.1 Å².